The quantitative estimate of drug-likeness (QED) is 0.799. The first-order chi connectivity index (χ1) is 9.77. The number of nitrogen functional groups attached to an aromatic ring is 1. The van der Waals surface area contributed by atoms with Gasteiger partial charge in [-0.3, -0.25) is 4.98 Å². The second-order valence-electron chi connectivity index (χ2n) is 4.19. The highest BCUT2D eigenvalue weighted by Crippen LogP contribution is 2.38. The third-order valence-electron chi connectivity index (χ3n) is 2.89. The number of anilines is 2. The average molecular weight is 294 g/mol. The van der Waals surface area contributed by atoms with Gasteiger partial charge in [-0.15, -0.1) is 0 Å². The van der Waals surface area contributed by atoms with Crippen LogP contribution in [0.15, 0.2) is 24.5 Å². The van der Waals surface area contributed by atoms with Crippen LogP contribution in [-0.2, 0) is 4.74 Å². The molecule has 0 aliphatic heterocycles. The van der Waals surface area contributed by atoms with Crippen molar-refractivity contribution in [2.24, 2.45) is 0 Å². The fraction of sp³-hybridized carbons (Fsp3) is 0.385. The molecule has 0 bridgehead atoms. The molecule has 2 rings (SSSR count). The summed E-state index contributed by atoms with van der Waals surface area (Å²) in [5.41, 5.74) is 7.86. The highest BCUT2D eigenvalue weighted by atomic mass is 32.1. The van der Waals surface area contributed by atoms with E-state index in [-0.39, 0.29) is 6.61 Å². The second kappa shape index (κ2) is 7.18. The smallest absolute Gasteiger partial charge is 0.147 e. The van der Waals surface area contributed by atoms with Crippen molar-refractivity contribution in [3.05, 3.63) is 24.5 Å². The molecule has 2 aromatic heterocycles. The molecule has 3 N–H and O–H groups in total. The number of rotatable bonds is 7. The van der Waals surface area contributed by atoms with Gasteiger partial charge >= 0.3 is 0 Å². The van der Waals surface area contributed by atoms with Gasteiger partial charge in [0.2, 0.25) is 0 Å². The zero-order chi connectivity index (χ0) is 14.4. The van der Waals surface area contributed by atoms with E-state index in [1.807, 2.05) is 17.0 Å². The number of aliphatic hydroxyl groups is 1. The molecule has 108 valence electrons. The number of methoxy groups -OCH3 is 1. The van der Waals surface area contributed by atoms with E-state index in [0.29, 0.717) is 25.5 Å². The van der Waals surface area contributed by atoms with E-state index >= 15 is 0 Å². The summed E-state index contributed by atoms with van der Waals surface area (Å²) in [7, 11) is 1.65. The second-order valence-corrected chi connectivity index (χ2v) is 4.94. The lowest BCUT2D eigenvalue weighted by Crippen LogP contribution is -2.29. The Morgan fingerprint density at radius 1 is 1.35 bits per heavy atom. The molecule has 0 unspecified atom stereocenters. The van der Waals surface area contributed by atoms with E-state index in [0.717, 1.165) is 16.1 Å². The van der Waals surface area contributed by atoms with Crippen LogP contribution in [0.4, 0.5) is 10.8 Å². The number of aliphatic hydroxyl groups excluding tert-OH is 1. The van der Waals surface area contributed by atoms with Gasteiger partial charge in [-0.05, 0) is 29.2 Å². The predicted octanol–water partition coefficient (Wildman–Crippen LogP) is 1.23. The largest absolute Gasteiger partial charge is 0.395 e. The Balaban J connectivity index is 2.35. The first-order valence-corrected chi connectivity index (χ1v) is 7.05. The molecule has 0 fully saturated rings. The monoisotopic (exact) mass is 294 g/mol. The lowest BCUT2D eigenvalue weighted by molar-refractivity contribution is 0.203. The Bertz CT molecular complexity index is 532. The van der Waals surface area contributed by atoms with E-state index in [1.54, 1.807) is 19.5 Å². The summed E-state index contributed by atoms with van der Waals surface area (Å²) in [6.07, 6.45) is 3.45. The van der Waals surface area contributed by atoms with Gasteiger partial charge in [-0.2, -0.15) is 4.37 Å². The molecule has 6 nitrogen and oxygen atoms in total. The van der Waals surface area contributed by atoms with Gasteiger partial charge in [0, 0.05) is 32.6 Å². The Morgan fingerprint density at radius 2 is 2.10 bits per heavy atom. The van der Waals surface area contributed by atoms with Crippen LogP contribution in [0, 0.1) is 0 Å². The van der Waals surface area contributed by atoms with Crippen molar-refractivity contribution in [2.75, 3.05) is 44.0 Å². The maximum atomic E-state index is 9.23. The third kappa shape index (κ3) is 3.24. The molecule has 2 aromatic rings. The fourth-order valence-corrected chi connectivity index (χ4v) is 2.82. The first kappa shape index (κ1) is 14.7. The standard InChI is InChI=1S/C13H18N4O2S/c1-19-9-7-17(6-8-18)13-11(12(14)16-20-13)10-2-4-15-5-3-10/h2-5,18H,6-9H2,1H3,(H2,14,16). The van der Waals surface area contributed by atoms with Crippen LogP contribution in [-0.4, -0.2) is 47.9 Å². The molecular formula is C13H18N4O2S. The average Bonchev–Trinajstić information content (AvgIpc) is 2.86. The highest BCUT2D eigenvalue weighted by molar-refractivity contribution is 7.11. The zero-order valence-electron chi connectivity index (χ0n) is 11.3. The lowest BCUT2D eigenvalue weighted by atomic mass is 10.1. The van der Waals surface area contributed by atoms with Gasteiger partial charge in [-0.1, -0.05) is 0 Å². The summed E-state index contributed by atoms with van der Waals surface area (Å²) in [6.45, 7) is 1.84. The molecule has 0 spiro atoms. The molecule has 0 atom stereocenters. The Kier molecular flexibility index (Phi) is 5.28. The number of pyridine rings is 1. The zero-order valence-corrected chi connectivity index (χ0v) is 12.1. The topological polar surface area (TPSA) is 84.5 Å². The number of hydrogen-bond donors (Lipinski definition) is 2. The molecule has 0 aromatic carbocycles. The van der Waals surface area contributed by atoms with Crippen molar-refractivity contribution in [1.29, 1.82) is 0 Å². The summed E-state index contributed by atoms with van der Waals surface area (Å²) in [5, 5.41) is 10.2. The molecule has 0 aliphatic carbocycles. The van der Waals surface area contributed by atoms with Crippen molar-refractivity contribution < 1.29 is 9.84 Å². The van der Waals surface area contributed by atoms with E-state index in [9.17, 15) is 5.11 Å². The molecule has 0 aliphatic rings. The van der Waals surface area contributed by atoms with E-state index in [2.05, 4.69) is 9.36 Å². The van der Waals surface area contributed by atoms with Crippen LogP contribution in [0.1, 0.15) is 0 Å². The summed E-state index contributed by atoms with van der Waals surface area (Å²) < 4.78 is 9.35. The number of nitrogens with zero attached hydrogens (tertiary/aromatic N) is 3. The molecule has 20 heavy (non-hydrogen) atoms. The van der Waals surface area contributed by atoms with Crippen LogP contribution in [0.25, 0.3) is 11.1 Å². The summed E-state index contributed by atoms with van der Waals surface area (Å²) in [6, 6.07) is 3.80. The highest BCUT2D eigenvalue weighted by Gasteiger charge is 2.18. The van der Waals surface area contributed by atoms with Crippen molar-refractivity contribution in [3.63, 3.8) is 0 Å². The van der Waals surface area contributed by atoms with Gasteiger partial charge in [0.1, 0.15) is 10.8 Å². The SMILES string of the molecule is COCCN(CCO)c1snc(N)c1-c1ccncc1. The maximum Gasteiger partial charge on any atom is 0.147 e. The predicted molar refractivity (Wildman–Crippen MR) is 80.9 cm³/mol. The number of hydrogen-bond acceptors (Lipinski definition) is 7. The summed E-state index contributed by atoms with van der Waals surface area (Å²) in [4.78, 5) is 6.05. The Morgan fingerprint density at radius 3 is 2.75 bits per heavy atom. The normalized spacial score (nSPS) is 10.7. The minimum atomic E-state index is 0.0668. The molecule has 0 amide bonds. The van der Waals surface area contributed by atoms with Crippen molar-refractivity contribution in [3.8, 4) is 11.1 Å². The maximum absolute atomic E-state index is 9.23. The van der Waals surface area contributed by atoms with E-state index < -0.39 is 0 Å². The lowest BCUT2D eigenvalue weighted by Gasteiger charge is -2.22. The van der Waals surface area contributed by atoms with Crippen LogP contribution < -0.4 is 10.6 Å². The third-order valence-corrected chi connectivity index (χ3v) is 3.82. The minimum Gasteiger partial charge on any atom is -0.395 e. The van der Waals surface area contributed by atoms with Crippen LogP contribution in [0.3, 0.4) is 0 Å². The van der Waals surface area contributed by atoms with Crippen LogP contribution in [0.5, 0.6) is 0 Å². The molecule has 2 heterocycles. The molecule has 0 saturated carbocycles. The number of aromatic nitrogens is 2. The van der Waals surface area contributed by atoms with Gasteiger partial charge < -0.3 is 20.5 Å². The van der Waals surface area contributed by atoms with E-state index in [4.69, 9.17) is 10.5 Å². The van der Waals surface area contributed by atoms with E-state index in [1.165, 1.54) is 11.5 Å². The van der Waals surface area contributed by atoms with Crippen molar-refractivity contribution in [1.82, 2.24) is 9.36 Å². The van der Waals surface area contributed by atoms with Gasteiger partial charge in [0.15, 0.2) is 0 Å². The van der Waals surface area contributed by atoms with Crippen molar-refractivity contribution >= 4 is 22.4 Å². The fourth-order valence-electron chi connectivity index (χ4n) is 1.94. The summed E-state index contributed by atoms with van der Waals surface area (Å²) in [5.74, 6) is 0.497. The molecular weight excluding hydrogens is 276 g/mol. The number of nitrogens with two attached hydrogens (primary N) is 1. The molecule has 0 radical (unpaired) electrons. The van der Waals surface area contributed by atoms with Gasteiger partial charge in [-0.25, -0.2) is 0 Å². The summed E-state index contributed by atoms with van der Waals surface area (Å²) >= 11 is 1.33. The molecule has 7 heteroatoms. The number of ether oxygens (including phenoxy) is 1. The van der Waals surface area contributed by atoms with Gasteiger partial charge in [0.05, 0.1) is 18.8 Å². The Hall–Kier alpha value is -1.70. The van der Waals surface area contributed by atoms with Crippen molar-refractivity contribution in [2.45, 2.75) is 0 Å². The first-order valence-electron chi connectivity index (χ1n) is 6.28. The minimum absolute atomic E-state index is 0.0668. The van der Waals surface area contributed by atoms with Crippen LogP contribution >= 0.6 is 11.5 Å². The van der Waals surface area contributed by atoms with Crippen LogP contribution in [0.2, 0.25) is 0 Å². The Labute approximate surface area is 122 Å². The molecule has 0 saturated heterocycles. The van der Waals surface area contributed by atoms with Gasteiger partial charge in [0.25, 0.3) is 0 Å².